The zero-order valence-electron chi connectivity index (χ0n) is 59.3. The summed E-state index contributed by atoms with van der Waals surface area (Å²) in [5, 5.41) is 20.6. The van der Waals surface area contributed by atoms with E-state index in [0.717, 1.165) is 167 Å². The summed E-state index contributed by atoms with van der Waals surface area (Å²) >= 11 is 0. The number of allylic oxidation sites excluding steroid dienone is 20. The van der Waals surface area contributed by atoms with Gasteiger partial charge in [0.25, 0.3) is 0 Å². The van der Waals surface area contributed by atoms with Gasteiger partial charge in [-0.2, -0.15) is 0 Å². The molecule has 0 aliphatic heterocycles. The smallest absolute Gasteiger partial charge is 0.463 e. The molecule has 0 spiro atoms. The molecule has 0 aliphatic carbocycles. The highest BCUT2D eigenvalue weighted by atomic mass is 31.2. The minimum absolute atomic E-state index is 0.0898. The van der Waals surface area contributed by atoms with Gasteiger partial charge in [-0.15, -0.1) is 0 Å². The fraction of sp³-hybridized carbons (Fsp3) is 0.701. The summed E-state index contributed by atoms with van der Waals surface area (Å²) in [5.74, 6) is -1.60. The number of unbranched alkanes of at least 4 members (excludes halogenated alkanes) is 26. The lowest BCUT2D eigenvalue weighted by Gasteiger charge is -2.21. The molecule has 0 radical (unpaired) electrons. The average molecular weight is 1380 g/mol. The van der Waals surface area contributed by atoms with Crippen molar-refractivity contribution in [2.24, 2.45) is 0 Å². The monoisotopic (exact) mass is 1370 g/mol. The highest BCUT2D eigenvalue weighted by molar-refractivity contribution is 7.47. The van der Waals surface area contributed by atoms with Gasteiger partial charge in [-0.05, 0) is 128 Å². The largest absolute Gasteiger partial charge is 0.472 e. The first-order valence-electron chi connectivity index (χ1n) is 36.8. The molecule has 0 fully saturated rings. The van der Waals surface area contributed by atoms with E-state index in [4.69, 9.17) is 32.3 Å². The average Bonchev–Trinajstić information content (AvgIpc) is 2.67. The van der Waals surface area contributed by atoms with Crippen LogP contribution in [0.3, 0.4) is 0 Å². The van der Waals surface area contributed by atoms with Gasteiger partial charge in [0.2, 0.25) is 0 Å². The maximum atomic E-state index is 12.9. The maximum absolute atomic E-state index is 12.9. The van der Waals surface area contributed by atoms with E-state index in [0.29, 0.717) is 19.3 Å². The Hall–Kier alpha value is -4.05. The van der Waals surface area contributed by atoms with Crippen LogP contribution in [0.1, 0.15) is 290 Å². The van der Waals surface area contributed by atoms with E-state index in [1.807, 2.05) is 0 Å². The number of esters is 3. The number of carbonyl (C=O) groups is 3. The SMILES string of the molecule is CC/C=C\C/C=C\C/C=C\C/C=C\C/C=C\C/C=C\CCCCCCCCCCCCC(=O)OCC(O)COP(=O)(O)OCC(O)COP(=O)(O)OCC(COC(=O)CCCCCCCC/C=C\C/C=C\C/C=C\CCCCC)OC(=O)CCCCCCC/C=C\CCCC. The Morgan fingerprint density at radius 1 is 0.305 bits per heavy atom. The normalized spacial score (nSPS) is 14.8. The first-order chi connectivity index (χ1) is 46.2. The van der Waals surface area contributed by atoms with Gasteiger partial charge in [-0.1, -0.05) is 264 Å². The summed E-state index contributed by atoms with van der Waals surface area (Å²) in [6.07, 6.45) is 81.2. The van der Waals surface area contributed by atoms with Crippen molar-refractivity contribution in [3.63, 3.8) is 0 Å². The Morgan fingerprint density at radius 3 is 0.926 bits per heavy atom. The van der Waals surface area contributed by atoms with Crippen molar-refractivity contribution in [1.29, 1.82) is 0 Å². The number of phosphoric ester groups is 2. The predicted molar refractivity (Wildman–Crippen MR) is 390 cm³/mol. The summed E-state index contributed by atoms with van der Waals surface area (Å²) in [6.45, 7) is 2.46. The molecule has 5 unspecified atom stereocenters. The van der Waals surface area contributed by atoms with Crippen molar-refractivity contribution in [3.8, 4) is 0 Å². The van der Waals surface area contributed by atoms with E-state index < -0.39 is 91.5 Å². The zero-order valence-corrected chi connectivity index (χ0v) is 61.1. The minimum atomic E-state index is -4.93. The molecule has 0 saturated heterocycles. The standard InChI is InChI=1S/C77H132O16P2/c1-4-7-10-13-16-19-22-24-26-28-30-31-32-33-34-35-36-37-38-39-41-43-44-46-49-51-54-57-60-63-75(80)87-66-72(78)67-89-94(83,84)90-68-73(79)69-91-95(85,86)92-71-74(93-77(82)65-62-59-56-53-48-21-18-15-12-9-6-3)70-88-76(81)64-61-58-55-52-50-47-45-42-40-29-27-25-23-20-17-14-11-8-5-2/h7,10,15-20,24-27,30-31,33-34,36-37,40,42,72-74,78-79H,4-6,8-9,11-14,21-23,28-29,32,35,38-39,41,43-71H2,1-3H3,(H,83,84)(H,85,86)/b10-7-,18-15-,19-16-,20-17-,26-24-,27-25-,31-30-,34-33-,37-36-,42-40-. The molecule has 0 rings (SSSR count). The molecule has 0 amide bonds. The lowest BCUT2D eigenvalue weighted by Crippen LogP contribution is -2.30. The Balaban J connectivity index is 4.47. The second-order valence-electron chi connectivity index (χ2n) is 24.4. The molecule has 0 heterocycles. The summed E-state index contributed by atoms with van der Waals surface area (Å²) in [6, 6.07) is 0. The number of hydrogen-bond acceptors (Lipinski definition) is 14. The highest BCUT2D eigenvalue weighted by Crippen LogP contribution is 2.45. The van der Waals surface area contributed by atoms with Gasteiger partial charge in [-0.25, -0.2) is 9.13 Å². The molecule has 5 atom stereocenters. The zero-order chi connectivity index (χ0) is 69.5. The second kappa shape index (κ2) is 69.8. The lowest BCUT2D eigenvalue weighted by molar-refractivity contribution is -0.161. The molecular weight excluding hydrogens is 1240 g/mol. The second-order valence-corrected chi connectivity index (χ2v) is 27.3. The van der Waals surface area contributed by atoms with Crippen LogP contribution in [0, 0.1) is 0 Å². The topological polar surface area (TPSA) is 231 Å². The van der Waals surface area contributed by atoms with E-state index >= 15 is 0 Å². The molecule has 16 nitrogen and oxygen atoms in total. The molecule has 546 valence electrons. The van der Waals surface area contributed by atoms with Gasteiger partial charge in [0.15, 0.2) is 6.10 Å². The minimum Gasteiger partial charge on any atom is -0.463 e. The quantitative estimate of drug-likeness (QED) is 0.0146. The van der Waals surface area contributed by atoms with Crippen molar-refractivity contribution >= 4 is 33.6 Å². The van der Waals surface area contributed by atoms with Gasteiger partial charge in [0, 0.05) is 19.3 Å². The number of aliphatic hydroxyl groups is 2. The Bertz CT molecular complexity index is 2210. The third-order valence-electron chi connectivity index (χ3n) is 15.1. The Kier molecular flexibility index (Phi) is 66.9. The van der Waals surface area contributed by atoms with E-state index in [1.165, 1.54) is 64.2 Å². The lowest BCUT2D eigenvalue weighted by atomic mass is 10.1. The molecule has 95 heavy (non-hydrogen) atoms. The van der Waals surface area contributed by atoms with Gasteiger partial charge < -0.3 is 34.2 Å². The van der Waals surface area contributed by atoms with Crippen molar-refractivity contribution in [1.82, 2.24) is 0 Å². The van der Waals surface area contributed by atoms with Crippen LogP contribution in [0.4, 0.5) is 0 Å². The predicted octanol–water partition coefficient (Wildman–Crippen LogP) is 21.0. The number of hydrogen-bond donors (Lipinski definition) is 4. The van der Waals surface area contributed by atoms with E-state index in [1.54, 1.807) is 0 Å². The van der Waals surface area contributed by atoms with Crippen molar-refractivity contribution in [2.45, 2.75) is 309 Å². The fourth-order valence-corrected chi connectivity index (χ4v) is 11.1. The van der Waals surface area contributed by atoms with E-state index in [-0.39, 0.29) is 19.3 Å². The number of phosphoric acid groups is 2. The molecule has 0 aromatic rings. The molecule has 0 aromatic carbocycles. The first kappa shape index (κ1) is 91.0. The van der Waals surface area contributed by atoms with Gasteiger partial charge >= 0.3 is 33.6 Å². The molecular formula is C77H132O16P2. The summed E-state index contributed by atoms with van der Waals surface area (Å²) < 4.78 is 60.9. The van der Waals surface area contributed by atoms with Crippen LogP contribution < -0.4 is 0 Å². The van der Waals surface area contributed by atoms with Crippen molar-refractivity contribution in [2.75, 3.05) is 39.6 Å². The molecule has 4 N–H and O–H groups in total. The maximum Gasteiger partial charge on any atom is 0.472 e. The van der Waals surface area contributed by atoms with Crippen LogP contribution in [0.25, 0.3) is 0 Å². The first-order valence-corrected chi connectivity index (χ1v) is 39.8. The molecule has 0 saturated carbocycles. The summed E-state index contributed by atoms with van der Waals surface area (Å²) in [4.78, 5) is 58.4. The fourth-order valence-electron chi connectivity index (χ4n) is 9.50. The van der Waals surface area contributed by atoms with Crippen LogP contribution in [0.5, 0.6) is 0 Å². The number of ether oxygens (including phenoxy) is 3. The van der Waals surface area contributed by atoms with Crippen LogP contribution >= 0.6 is 15.6 Å². The van der Waals surface area contributed by atoms with Gasteiger partial charge in [0.1, 0.15) is 25.4 Å². The Labute approximate surface area is 576 Å². The molecule has 0 aromatic heterocycles. The van der Waals surface area contributed by atoms with E-state index in [9.17, 15) is 43.5 Å². The van der Waals surface area contributed by atoms with Crippen LogP contribution in [0.15, 0.2) is 122 Å². The summed E-state index contributed by atoms with van der Waals surface area (Å²) in [5.41, 5.74) is 0. The van der Waals surface area contributed by atoms with Crippen LogP contribution in [-0.4, -0.2) is 95.9 Å². The number of aliphatic hydroxyl groups excluding tert-OH is 2. The molecule has 18 heteroatoms. The third-order valence-corrected chi connectivity index (χ3v) is 17.0. The number of carbonyl (C=O) groups excluding carboxylic acids is 3. The van der Waals surface area contributed by atoms with Crippen LogP contribution in [-0.2, 0) is 55.8 Å². The molecule has 0 aliphatic rings. The van der Waals surface area contributed by atoms with Gasteiger partial charge in [-0.3, -0.25) is 32.5 Å². The van der Waals surface area contributed by atoms with Crippen LogP contribution in [0.2, 0.25) is 0 Å². The third kappa shape index (κ3) is 71.1. The molecule has 0 bridgehead atoms. The van der Waals surface area contributed by atoms with E-state index in [2.05, 4.69) is 142 Å². The number of rotatable bonds is 69. The van der Waals surface area contributed by atoms with Crippen molar-refractivity contribution in [3.05, 3.63) is 122 Å². The van der Waals surface area contributed by atoms with Crippen molar-refractivity contribution < 1.29 is 75.8 Å². The Morgan fingerprint density at radius 2 is 0.568 bits per heavy atom. The van der Waals surface area contributed by atoms with Gasteiger partial charge in [0.05, 0.1) is 26.4 Å². The summed E-state index contributed by atoms with van der Waals surface area (Å²) in [7, 11) is -9.78. The highest BCUT2D eigenvalue weighted by Gasteiger charge is 2.29.